The molecule has 0 atom stereocenters. The second-order valence-electron chi connectivity index (χ2n) is 5.03. The molecule has 1 aliphatic rings. The van der Waals surface area contributed by atoms with Crippen molar-refractivity contribution in [3.8, 4) is 5.75 Å². The summed E-state index contributed by atoms with van der Waals surface area (Å²) in [5.41, 5.74) is 0.892. The van der Waals surface area contributed by atoms with Gasteiger partial charge in [-0.2, -0.15) is 0 Å². The lowest BCUT2D eigenvalue weighted by atomic mass is 10.2. The third kappa shape index (κ3) is 3.70. The molecule has 1 aromatic carbocycles. The average Bonchev–Trinajstić information content (AvgIpc) is 2.35. The molecular weight excluding hydrogens is 240 g/mol. The Kier molecular flexibility index (Phi) is 4.80. The lowest BCUT2D eigenvalue weighted by molar-refractivity contribution is -0.118. The van der Waals surface area contributed by atoms with E-state index >= 15 is 0 Å². The summed E-state index contributed by atoms with van der Waals surface area (Å²) < 4.78 is 5.81. The molecule has 0 aliphatic carbocycles. The summed E-state index contributed by atoms with van der Waals surface area (Å²) in [5.74, 6) is 0.950. The molecule has 1 amide bonds. The number of ether oxygens (including phenoxy) is 1. The lowest BCUT2D eigenvalue weighted by Crippen LogP contribution is -2.38. The zero-order chi connectivity index (χ0) is 13.7. The van der Waals surface area contributed by atoms with Crippen molar-refractivity contribution in [2.75, 3.05) is 24.5 Å². The van der Waals surface area contributed by atoms with Gasteiger partial charge >= 0.3 is 0 Å². The van der Waals surface area contributed by atoms with Crippen LogP contribution in [0.3, 0.4) is 0 Å². The molecular formula is C15H22N2O2. The maximum Gasteiger partial charge on any atom is 0.228 e. The highest BCUT2D eigenvalue weighted by Gasteiger charge is 2.20. The van der Waals surface area contributed by atoms with Gasteiger partial charge in [-0.25, -0.2) is 0 Å². The molecule has 1 fully saturated rings. The fourth-order valence-corrected chi connectivity index (χ4v) is 2.23. The van der Waals surface area contributed by atoms with Gasteiger partial charge in [-0.05, 0) is 38.9 Å². The lowest BCUT2D eigenvalue weighted by Gasteiger charge is -2.27. The zero-order valence-electron chi connectivity index (χ0n) is 11.7. The van der Waals surface area contributed by atoms with Crippen molar-refractivity contribution in [1.29, 1.82) is 0 Å². The standard InChI is InChI=1S/C15H22N2O2/c1-12(2)19-14-7-4-3-6-13(14)17-11-5-9-16-10-8-15(17)18/h3-4,6-7,12,16H,5,8-11H2,1-2H3. The molecule has 104 valence electrons. The summed E-state index contributed by atoms with van der Waals surface area (Å²) in [5, 5.41) is 3.26. The fourth-order valence-electron chi connectivity index (χ4n) is 2.23. The van der Waals surface area contributed by atoms with Crippen molar-refractivity contribution in [2.45, 2.75) is 32.8 Å². The van der Waals surface area contributed by atoms with E-state index in [1.54, 1.807) is 0 Å². The number of para-hydroxylation sites is 2. The van der Waals surface area contributed by atoms with E-state index in [2.05, 4.69) is 5.32 Å². The Morgan fingerprint density at radius 3 is 2.84 bits per heavy atom. The Bertz CT molecular complexity index is 432. The van der Waals surface area contributed by atoms with E-state index in [0.29, 0.717) is 6.42 Å². The van der Waals surface area contributed by atoms with E-state index in [-0.39, 0.29) is 12.0 Å². The van der Waals surface area contributed by atoms with Crippen LogP contribution in [0.25, 0.3) is 0 Å². The first kappa shape index (κ1) is 13.9. The summed E-state index contributed by atoms with van der Waals surface area (Å²) in [6.45, 7) is 6.44. The average molecular weight is 262 g/mol. The molecule has 0 unspecified atom stereocenters. The van der Waals surface area contributed by atoms with Crippen LogP contribution in [0.5, 0.6) is 5.75 Å². The molecule has 0 spiro atoms. The van der Waals surface area contributed by atoms with E-state index in [0.717, 1.165) is 37.5 Å². The molecule has 0 radical (unpaired) electrons. The van der Waals surface area contributed by atoms with Crippen molar-refractivity contribution in [3.05, 3.63) is 24.3 Å². The number of amides is 1. The van der Waals surface area contributed by atoms with E-state index < -0.39 is 0 Å². The van der Waals surface area contributed by atoms with Crippen molar-refractivity contribution in [2.24, 2.45) is 0 Å². The molecule has 1 aromatic rings. The number of nitrogens with zero attached hydrogens (tertiary/aromatic N) is 1. The Morgan fingerprint density at radius 1 is 1.26 bits per heavy atom. The Hall–Kier alpha value is -1.55. The maximum atomic E-state index is 12.2. The van der Waals surface area contributed by atoms with Gasteiger partial charge in [0.15, 0.2) is 0 Å². The molecule has 1 aliphatic heterocycles. The Labute approximate surface area is 114 Å². The highest BCUT2D eigenvalue weighted by atomic mass is 16.5. The van der Waals surface area contributed by atoms with Crippen LogP contribution in [0.2, 0.25) is 0 Å². The minimum atomic E-state index is 0.104. The molecule has 4 nitrogen and oxygen atoms in total. The number of carbonyl (C=O) groups is 1. The number of anilines is 1. The van der Waals surface area contributed by atoms with Crippen LogP contribution in [-0.4, -0.2) is 31.6 Å². The van der Waals surface area contributed by atoms with Crippen molar-refractivity contribution < 1.29 is 9.53 Å². The predicted octanol–water partition coefficient (Wildman–Crippen LogP) is 2.19. The van der Waals surface area contributed by atoms with Crippen LogP contribution in [0.15, 0.2) is 24.3 Å². The monoisotopic (exact) mass is 262 g/mol. The van der Waals surface area contributed by atoms with Crippen LogP contribution in [0.1, 0.15) is 26.7 Å². The summed E-state index contributed by atoms with van der Waals surface area (Å²) >= 11 is 0. The van der Waals surface area contributed by atoms with Gasteiger partial charge in [-0.15, -0.1) is 0 Å². The highest BCUT2D eigenvalue weighted by Crippen LogP contribution is 2.29. The first-order valence-electron chi connectivity index (χ1n) is 6.95. The Balaban J connectivity index is 2.24. The van der Waals surface area contributed by atoms with Crippen LogP contribution >= 0.6 is 0 Å². The molecule has 1 N–H and O–H groups in total. The third-order valence-electron chi connectivity index (χ3n) is 3.07. The van der Waals surface area contributed by atoms with E-state index in [9.17, 15) is 4.79 Å². The van der Waals surface area contributed by atoms with Gasteiger partial charge in [0.25, 0.3) is 0 Å². The van der Waals surface area contributed by atoms with Crippen molar-refractivity contribution >= 4 is 11.6 Å². The van der Waals surface area contributed by atoms with Gasteiger partial charge in [0.2, 0.25) is 5.91 Å². The van der Waals surface area contributed by atoms with Crippen LogP contribution < -0.4 is 15.0 Å². The van der Waals surface area contributed by atoms with Gasteiger partial charge in [0, 0.05) is 19.5 Å². The topological polar surface area (TPSA) is 41.6 Å². The molecule has 19 heavy (non-hydrogen) atoms. The number of nitrogens with one attached hydrogen (secondary N) is 1. The third-order valence-corrected chi connectivity index (χ3v) is 3.07. The fraction of sp³-hybridized carbons (Fsp3) is 0.533. The van der Waals surface area contributed by atoms with Crippen LogP contribution in [0.4, 0.5) is 5.69 Å². The van der Waals surface area contributed by atoms with Crippen LogP contribution in [-0.2, 0) is 4.79 Å². The highest BCUT2D eigenvalue weighted by molar-refractivity contribution is 5.95. The minimum absolute atomic E-state index is 0.104. The normalized spacial score (nSPS) is 17.2. The zero-order valence-corrected chi connectivity index (χ0v) is 11.7. The number of hydrogen-bond acceptors (Lipinski definition) is 3. The molecule has 0 aromatic heterocycles. The molecule has 0 bridgehead atoms. The molecule has 4 heteroatoms. The molecule has 1 saturated heterocycles. The van der Waals surface area contributed by atoms with Gasteiger partial charge in [-0.3, -0.25) is 4.79 Å². The first-order chi connectivity index (χ1) is 9.18. The smallest absolute Gasteiger partial charge is 0.228 e. The molecule has 2 rings (SSSR count). The Morgan fingerprint density at radius 2 is 2.05 bits per heavy atom. The maximum absolute atomic E-state index is 12.2. The van der Waals surface area contributed by atoms with Crippen LogP contribution in [0, 0.1) is 0 Å². The van der Waals surface area contributed by atoms with E-state index in [1.165, 1.54) is 0 Å². The predicted molar refractivity (Wildman–Crippen MR) is 76.7 cm³/mol. The van der Waals surface area contributed by atoms with Crippen molar-refractivity contribution in [3.63, 3.8) is 0 Å². The second-order valence-corrected chi connectivity index (χ2v) is 5.03. The van der Waals surface area contributed by atoms with Crippen molar-refractivity contribution in [1.82, 2.24) is 5.32 Å². The number of rotatable bonds is 3. The number of carbonyl (C=O) groups excluding carboxylic acids is 1. The number of benzene rings is 1. The largest absolute Gasteiger partial charge is 0.489 e. The van der Waals surface area contributed by atoms with Gasteiger partial charge in [0.05, 0.1) is 11.8 Å². The summed E-state index contributed by atoms with van der Waals surface area (Å²) in [7, 11) is 0. The number of hydrogen-bond donors (Lipinski definition) is 1. The molecule has 0 saturated carbocycles. The van der Waals surface area contributed by atoms with E-state index in [1.807, 2.05) is 43.0 Å². The van der Waals surface area contributed by atoms with Gasteiger partial charge < -0.3 is 15.0 Å². The van der Waals surface area contributed by atoms with Gasteiger partial charge in [-0.1, -0.05) is 12.1 Å². The first-order valence-corrected chi connectivity index (χ1v) is 6.95. The summed E-state index contributed by atoms with van der Waals surface area (Å²) in [6, 6.07) is 7.79. The SMILES string of the molecule is CC(C)Oc1ccccc1N1CCCNCCC1=O. The summed E-state index contributed by atoms with van der Waals surface area (Å²) in [6.07, 6.45) is 1.60. The van der Waals surface area contributed by atoms with Gasteiger partial charge in [0.1, 0.15) is 5.75 Å². The minimum Gasteiger partial charge on any atom is -0.489 e. The second kappa shape index (κ2) is 6.57. The van der Waals surface area contributed by atoms with E-state index in [4.69, 9.17) is 4.74 Å². The quantitative estimate of drug-likeness (QED) is 0.908. The molecule has 1 heterocycles. The summed E-state index contributed by atoms with van der Waals surface area (Å²) in [4.78, 5) is 14.1.